The maximum atomic E-state index is 12.3. The zero-order valence-electron chi connectivity index (χ0n) is 15.9. The molecule has 1 atom stereocenters. The van der Waals surface area contributed by atoms with Crippen molar-refractivity contribution in [3.8, 4) is 0 Å². The van der Waals surface area contributed by atoms with Gasteiger partial charge in [-0.05, 0) is 56.7 Å². The Morgan fingerprint density at radius 3 is 2.64 bits per heavy atom. The number of hydrogen-bond acceptors (Lipinski definition) is 4. The standard InChI is InChI=1S/C20H29NO4/c1-6-24-18(22)12-14(2)16-9-7-8-15-13-21(11-10-17(15)16)19(23)25-20(3,4)5/h7-9,14H,6,10-13H2,1-5H3. The largest absolute Gasteiger partial charge is 0.466 e. The topological polar surface area (TPSA) is 55.8 Å². The van der Waals surface area contributed by atoms with Crippen molar-refractivity contribution in [2.75, 3.05) is 13.2 Å². The average Bonchev–Trinajstić information content (AvgIpc) is 2.52. The van der Waals surface area contributed by atoms with Crippen LogP contribution < -0.4 is 0 Å². The van der Waals surface area contributed by atoms with Gasteiger partial charge in [0.15, 0.2) is 0 Å². The van der Waals surface area contributed by atoms with E-state index in [1.807, 2.05) is 46.8 Å². The molecule has 0 saturated heterocycles. The molecule has 0 N–H and O–H groups in total. The molecule has 5 heteroatoms. The minimum atomic E-state index is -0.493. The smallest absolute Gasteiger partial charge is 0.410 e. The molecule has 1 amide bonds. The lowest BCUT2D eigenvalue weighted by Crippen LogP contribution is -2.40. The summed E-state index contributed by atoms with van der Waals surface area (Å²) < 4.78 is 10.5. The van der Waals surface area contributed by atoms with E-state index in [2.05, 4.69) is 6.07 Å². The molecule has 2 rings (SSSR count). The van der Waals surface area contributed by atoms with Crippen molar-refractivity contribution >= 4 is 12.1 Å². The highest BCUT2D eigenvalue weighted by atomic mass is 16.6. The van der Waals surface area contributed by atoms with Gasteiger partial charge in [-0.2, -0.15) is 0 Å². The van der Waals surface area contributed by atoms with Gasteiger partial charge < -0.3 is 14.4 Å². The van der Waals surface area contributed by atoms with E-state index < -0.39 is 5.60 Å². The summed E-state index contributed by atoms with van der Waals surface area (Å²) in [6.07, 6.45) is 0.876. The van der Waals surface area contributed by atoms with E-state index in [-0.39, 0.29) is 18.0 Å². The number of ether oxygens (including phenoxy) is 2. The van der Waals surface area contributed by atoms with Crippen molar-refractivity contribution in [2.45, 2.75) is 65.5 Å². The zero-order chi connectivity index (χ0) is 18.6. The Labute approximate surface area is 150 Å². The molecule has 5 nitrogen and oxygen atoms in total. The molecule has 138 valence electrons. The van der Waals surface area contributed by atoms with Gasteiger partial charge in [0.1, 0.15) is 5.60 Å². The third kappa shape index (κ3) is 5.21. The van der Waals surface area contributed by atoms with Crippen molar-refractivity contribution in [1.29, 1.82) is 0 Å². The Morgan fingerprint density at radius 2 is 2.00 bits per heavy atom. The summed E-state index contributed by atoms with van der Waals surface area (Å²) in [7, 11) is 0. The molecule has 0 saturated carbocycles. The quantitative estimate of drug-likeness (QED) is 0.772. The van der Waals surface area contributed by atoms with Gasteiger partial charge in [0.2, 0.25) is 0 Å². The number of esters is 1. The number of nitrogens with zero attached hydrogens (tertiary/aromatic N) is 1. The molecule has 1 aromatic carbocycles. The predicted molar refractivity (Wildman–Crippen MR) is 96.5 cm³/mol. The third-order valence-corrected chi connectivity index (χ3v) is 4.26. The molecule has 0 aromatic heterocycles. The molecule has 1 unspecified atom stereocenters. The van der Waals surface area contributed by atoms with Crippen molar-refractivity contribution in [1.82, 2.24) is 4.90 Å². The van der Waals surface area contributed by atoms with Gasteiger partial charge in [-0.25, -0.2) is 4.79 Å². The minimum absolute atomic E-state index is 0.0991. The van der Waals surface area contributed by atoms with E-state index in [0.29, 0.717) is 26.1 Å². The second kappa shape index (κ2) is 7.89. The SMILES string of the molecule is CCOC(=O)CC(C)c1cccc2c1CCN(C(=O)OC(C)(C)C)C2. The number of hydrogen-bond donors (Lipinski definition) is 0. The first-order valence-electron chi connectivity index (χ1n) is 8.95. The summed E-state index contributed by atoms with van der Waals surface area (Å²) in [6, 6.07) is 6.12. The van der Waals surface area contributed by atoms with Crippen molar-refractivity contribution in [3.63, 3.8) is 0 Å². The van der Waals surface area contributed by atoms with Crippen LogP contribution in [0.2, 0.25) is 0 Å². The Hall–Kier alpha value is -2.04. The van der Waals surface area contributed by atoms with Crippen molar-refractivity contribution in [3.05, 3.63) is 34.9 Å². The Balaban J connectivity index is 2.12. The lowest BCUT2D eigenvalue weighted by Gasteiger charge is -2.32. The third-order valence-electron chi connectivity index (χ3n) is 4.26. The fraction of sp³-hybridized carbons (Fsp3) is 0.600. The molecule has 0 spiro atoms. The van der Waals surface area contributed by atoms with Gasteiger partial charge >= 0.3 is 12.1 Å². The highest BCUT2D eigenvalue weighted by Gasteiger charge is 2.27. The van der Waals surface area contributed by atoms with Crippen LogP contribution in [-0.4, -0.2) is 35.7 Å². The van der Waals surface area contributed by atoms with E-state index in [0.717, 1.165) is 12.0 Å². The molecule has 0 radical (unpaired) electrons. The Kier molecular flexibility index (Phi) is 6.09. The fourth-order valence-corrected chi connectivity index (χ4v) is 3.16. The van der Waals surface area contributed by atoms with Crippen LogP contribution in [0.5, 0.6) is 0 Å². The summed E-state index contributed by atoms with van der Waals surface area (Å²) in [5.41, 5.74) is 3.06. The molecule has 0 fully saturated rings. The lowest BCUT2D eigenvalue weighted by molar-refractivity contribution is -0.143. The second-order valence-electron chi connectivity index (χ2n) is 7.55. The summed E-state index contributed by atoms with van der Waals surface area (Å²) in [5, 5.41) is 0. The first kappa shape index (κ1) is 19.3. The zero-order valence-corrected chi connectivity index (χ0v) is 15.9. The van der Waals surface area contributed by atoms with Crippen molar-refractivity contribution in [2.24, 2.45) is 0 Å². The molecule has 1 aliphatic rings. The van der Waals surface area contributed by atoms with Gasteiger partial charge in [0.25, 0.3) is 0 Å². The molecule has 0 bridgehead atoms. The number of carbonyl (C=O) groups excluding carboxylic acids is 2. The molecular formula is C20H29NO4. The number of benzene rings is 1. The number of amides is 1. The summed E-state index contributed by atoms with van der Waals surface area (Å²) in [4.78, 5) is 25.8. The van der Waals surface area contributed by atoms with Gasteiger partial charge in [0, 0.05) is 13.1 Å². The molecule has 25 heavy (non-hydrogen) atoms. The number of fused-ring (bicyclic) bond motifs is 1. The lowest BCUT2D eigenvalue weighted by atomic mass is 9.87. The first-order valence-corrected chi connectivity index (χ1v) is 8.95. The normalized spacial score (nSPS) is 15.3. The fourth-order valence-electron chi connectivity index (χ4n) is 3.16. The second-order valence-corrected chi connectivity index (χ2v) is 7.55. The van der Waals surface area contributed by atoms with Crippen LogP contribution in [0.25, 0.3) is 0 Å². The van der Waals surface area contributed by atoms with E-state index in [4.69, 9.17) is 9.47 Å². The van der Waals surface area contributed by atoms with Crippen LogP contribution in [0.15, 0.2) is 18.2 Å². The van der Waals surface area contributed by atoms with Crippen LogP contribution in [0.3, 0.4) is 0 Å². The van der Waals surface area contributed by atoms with Gasteiger partial charge in [-0.1, -0.05) is 25.1 Å². The highest BCUT2D eigenvalue weighted by molar-refractivity contribution is 5.71. The van der Waals surface area contributed by atoms with E-state index in [9.17, 15) is 9.59 Å². The maximum absolute atomic E-state index is 12.3. The van der Waals surface area contributed by atoms with Crippen molar-refractivity contribution < 1.29 is 19.1 Å². The van der Waals surface area contributed by atoms with E-state index >= 15 is 0 Å². The summed E-state index contributed by atoms with van der Waals surface area (Å²) in [6.45, 7) is 11.1. The van der Waals surface area contributed by atoms with Crippen LogP contribution in [0, 0.1) is 0 Å². The van der Waals surface area contributed by atoms with Crippen LogP contribution >= 0.6 is 0 Å². The van der Waals surface area contributed by atoms with Gasteiger partial charge in [0.05, 0.1) is 13.0 Å². The molecule has 1 aliphatic heterocycles. The number of rotatable bonds is 4. The maximum Gasteiger partial charge on any atom is 0.410 e. The highest BCUT2D eigenvalue weighted by Crippen LogP contribution is 2.30. The monoisotopic (exact) mass is 347 g/mol. The molecular weight excluding hydrogens is 318 g/mol. The van der Waals surface area contributed by atoms with Crippen LogP contribution in [-0.2, 0) is 27.2 Å². The van der Waals surface area contributed by atoms with Crippen LogP contribution in [0.1, 0.15) is 63.6 Å². The summed E-state index contributed by atoms with van der Waals surface area (Å²) >= 11 is 0. The van der Waals surface area contributed by atoms with Crippen LogP contribution in [0.4, 0.5) is 4.79 Å². The molecule has 0 aliphatic carbocycles. The summed E-state index contributed by atoms with van der Waals surface area (Å²) in [5.74, 6) is -0.0686. The van der Waals surface area contributed by atoms with E-state index in [1.54, 1.807) is 4.90 Å². The van der Waals surface area contributed by atoms with Gasteiger partial charge in [-0.15, -0.1) is 0 Å². The first-order chi connectivity index (χ1) is 11.7. The number of carbonyl (C=O) groups is 2. The minimum Gasteiger partial charge on any atom is -0.466 e. The molecule has 1 aromatic rings. The predicted octanol–water partition coefficient (Wildman–Crippen LogP) is 4.04. The molecule has 1 heterocycles. The Bertz CT molecular complexity index is 633. The Morgan fingerprint density at radius 1 is 1.28 bits per heavy atom. The van der Waals surface area contributed by atoms with E-state index in [1.165, 1.54) is 11.1 Å². The van der Waals surface area contributed by atoms with Gasteiger partial charge in [-0.3, -0.25) is 4.79 Å². The average molecular weight is 347 g/mol.